The van der Waals surface area contributed by atoms with Gasteiger partial charge >= 0.3 is 0 Å². The summed E-state index contributed by atoms with van der Waals surface area (Å²) in [4.78, 5) is 11.1. The van der Waals surface area contributed by atoms with E-state index in [0.29, 0.717) is 0 Å². The normalized spacial score (nSPS) is 11.4. The number of hydrogen-bond donors (Lipinski definition) is 0. The SMILES string of the molecule is CC(C)(C#N)CCCn1ccc2cccc(C=O)c21. The van der Waals surface area contributed by atoms with Crippen LogP contribution < -0.4 is 0 Å². The van der Waals surface area contributed by atoms with Crippen LogP contribution in [-0.2, 0) is 6.54 Å². The monoisotopic (exact) mass is 254 g/mol. The number of fused-ring (bicyclic) bond motifs is 1. The van der Waals surface area contributed by atoms with Gasteiger partial charge in [-0.3, -0.25) is 4.79 Å². The molecule has 0 saturated heterocycles. The van der Waals surface area contributed by atoms with Crippen molar-refractivity contribution >= 4 is 17.2 Å². The largest absolute Gasteiger partial charge is 0.347 e. The molecule has 2 rings (SSSR count). The summed E-state index contributed by atoms with van der Waals surface area (Å²) < 4.78 is 2.10. The number of aromatic nitrogens is 1. The van der Waals surface area contributed by atoms with E-state index in [0.717, 1.165) is 42.1 Å². The summed E-state index contributed by atoms with van der Waals surface area (Å²) in [6, 6.07) is 10.1. The van der Waals surface area contributed by atoms with Crippen molar-refractivity contribution in [1.29, 1.82) is 5.26 Å². The van der Waals surface area contributed by atoms with Crippen LogP contribution in [0.15, 0.2) is 30.5 Å². The minimum Gasteiger partial charge on any atom is -0.347 e. The molecule has 1 heterocycles. The lowest BCUT2D eigenvalue weighted by Crippen LogP contribution is -2.09. The Morgan fingerprint density at radius 1 is 1.37 bits per heavy atom. The van der Waals surface area contributed by atoms with Gasteiger partial charge in [-0.25, -0.2) is 0 Å². The van der Waals surface area contributed by atoms with Gasteiger partial charge in [-0.05, 0) is 38.8 Å². The van der Waals surface area contributed by atoms with E-state index in [1.54, 1.807) is 0 Å². The van der Waals surface area contributed by atoms with Gasteiger partial charge in [0.15, 0.2) is 6.29 Å². The van der Waals surface area contributed by atoms with Crippen molar-refractivity contribution in [2.45, 2.75) is 33.2 Å². The zero-order chi connectivity index (χ0) is 13.9. The van der Waals surface area contributed by atoms with E-state index in [-0.39, 0.29) is 5.41 Å². The van der Waals surface area contributed by atoms with Crippen LogP contribution in [0.5, 0.6) is 0 Å². The Hall–Kier alpha value is -2.08. The third-order valence-corrected chi connectivity index (χ3v) is 3.45. The first kappa shape index (κ1) is 13.4. The Labute approximate surface area is 113 Å². The van der Waals surface area contributed by atoms with E-state index in [4.69, 9.17) is 5.26 Å². The molecule has 0 aliphatic rings. The van der Waals surface area contributed by atoms with Gasteiger partial charge in [0.05, 0.1) is 17.0 Å². The van der Waals surface area contributed by atoms with Crippen molar-refractivity contribution in [3.63, 3.8) is 0 Å². The van der Waals surface area contributed by atoms with Gasteiger partial charge in [0, 0.05) is 23.7 Å². The molecule has 0 amide bonds. The van der Waals surface area contributed by atoms with Crippen molar-refractivity contribution in [3.05, 3.63) is 36.0 Å². The molecule has 1 aromatic carbocycles. The van der Waals surface area contributed by atoms with Gasteiger partial charge in [0.25, 0.3) is 0 Å². The predicted octanol–water partition coefficient (Wildman–Crippen LogP) is 3.78. The molecule has 98 valence electrons. The lowest BCUT2D eigenvalue weighted by Gasteiger charge is -2.15. The Balaban J connectivity index is 2.18. The van der Waals surface area contributed by atoms with Gasteiger partial charge in [0.2, 0.25) is 0 Å². The predicted molar refractivity (Wildman–Crippen MR) is 76.0 cm³/mol. The number of nitriles is 1. The number of aldehydes is 1. The van der Waals surface area contributed by atoms with Crippen LogP contribution in [0.25, 0.3) is 10.9 Å². The highest BCUT2D eigenvalue weighted by molar-refractivity contribution is 5.96. The number of para-hydroxylation sites is 1. The first-order valence-corrected chi connectivity index (χ1v) is 6.52. The van der Waals surface area contributed by atoms with Gasteiger partial charge in [-0.2, -0.15) is 5.26 Å². The Morgan fingerprint density at radius 2 is 2.16 bits per heavy atom. The minimum atomic E-state index is -0.281. The van der Waals surface area contributed by atoms with Crippen LogP contribution in [0, 0.1) is 16.7 Å². The van der Waals surface area contributed by atoms with Crippen LogP contribution in [0.1, 0.15) is 37.0 Å². The number of nitrogens with zero attached hydrogens (tertiary/aromatic N) is 2. The van der Waals surface area contributed by atoms with E-state index in [2.05, 4.69) is 10.6 Å². The van der Waals surface area contributed by atoms with Crippen molar-refractivity contribution in [1.82, 2.24) is 4.57 Å². The molecule has 0 spiro atoms. The summed E-state index contributed by atoms with van der Waals surface area (Å²) in [5.74, 6) is 0. The van der Waals surface area contributed by atoms with Crippen molar-refractivity contribution in [2.24, 2.45) is 5.41 Å². The summed E-state index contributed by atoms with van der Waals surface area (Å²) in [5, 5.41) is 10.1. The number of carbonyl (C=O) groups is 1. The average Bonchev–Trinajstić information content (AvgIpc) is 2.82. The summed E-state index contributed by atoms with van der Waals surface area (Å²) in [7, 11) is 0. The fraction of sp³-hybridized carbons (Fsp3) is 0.375. The van der Waals surface area contributed by atoms with Crippen LogP contribution in [0.2, 0.25) is 0 Å². The zero-order valence-corrected chi connectivity index (χ0v) is 11.4. The van der Waals surface area contributed by atoms with E-state index < -0.39 is 0 Å². The lowest BCUT2D eigenvalue weighted by atomic mass is 9.90. The van der Waals surface area contributed by atoms with Gasteiger partial charge in [-0.1, -0.05) is 12.1 Å². The molecule has 1 aromatic heterocycles. The van der Waals surface area contributed by atoms with E-state index in [1.807, 2.05) is 44.3 Å². The number of rotatable bonds is 5. The molecule has 0 radical (unpaired) electrons. The van der Waals surface area contributed by atoms with E-state index in [9.17, 15) is 4.79 Å². The van der Waals surface area contributed by atoms with Crippen LogP contribution in [0.3, 0.4) is 0 Å². The molecule has 0 aliphatic heterocycles. The van der Waals surface area contributed by atoms with Crippen molar-refractivity contribution in [3.8, 4) is 6.07 Å². The smallest absolute Gasteiger partial charge is 0.152 e. The molecule has 0 aliphatic carbocycles. The second kappa shape index (κ2) is 5.27. The fourth-order valence-corrected chi connectivity index (χ4v) is 2.32. The molecule has 0 atom stereocenters. The molecular weight excluding hydrogens is 236 g/mol. The highest BCUT2D eigenvalue weighted by Crippen LogP contribution is 2.23. The lowest BCUT2D eigenvalue weighted by molar-refractivity contribution is 0.112. The molecule has 3 heteroatoms. The molecular formula is C16H18N2O. The Kier molecular flexibility index (Phi) is 3.71. The molecule has 2 aromatic rings. The quantitative estimate of drug-likeness (QED) is 0.762. The third kappa shape index (κ3) is 2.85. The van der Waals surface area contributed by atoms with Crippen LogP contribution in [0.4, 0.5) is 0 Å². The van der Waals surface area contributed by atoms with Crippen LogP contribution >= 0.6 is 0 Å². The van der Waals surface area contributed by atoms with Crippen molar-refractivity contribution < 1.29 is 4.79 Å². The second-order valence-corrected chi connectivity index (χ2v) is 5.51. The molecule has 3 nitrogen and oxygen atoms in total. The number of benzene rings is 1. The van der Waals surface area contributed by atoms with E-state index in [1.165, 1.54) is 0 Å². The molecule has 0 saturated carbocycles. The highest BCUT2D eigenvalue weighted by Gasteiger charge is 2.16. The minimum absolute atomic E-state index is 0.281. The first-order chi connectivity index (χ1) is 9.07. The topological polar surface area (TPSA) is 45.8 Å². The average molecular weight is 254 g/mol. The van der Waals surface area contributed by atoms with Gasteiger partial charge in [-0.15, -0.1) is 0 Å². The van der Waals surface area contributed by atoms with E-state index >= 15 is 0 Å². The maximum atomic E-state index is 11.1. The van der Waals surface area contributed by atoms with Gasteiger partial charge in [0.1, 0.15) is 0 Å². The fourth-order valence-electron chi connectivity index (χ4n) is 2.32. The summed E-state index contributed by atoms with van der Waals surface area (Å²) in [6.45, 7) is 4.74. The molecule has 0 unspecified atom stereocenters. The number of hydrogen-bond acceptors (Lipinski definition) is 2. The summed E-state index contributed by atoms with van der Waals surface area (Å²) in [6.07, 6.45) is 4.69. The maximum Gasteiger partial charge on any atom is 0.152 e. The maximum absolute atomic E-state index is 11.1. The molecule has 19 heavy (non-hydrogen) atoms. The first-order valence-electron chi connectivity index (χ1n) is 6.52. The Morgan fingerprint density at radius 3 is 2.84 bits per heavy atom. The van der Waals surface area contributed by atoms with Gasteiger partial charge < -0.3 is 4.57 Å². The summed E-state index contributed by atoms with van der Waals surface area (Å²) in [5.41, 5.74) is 1.44. The number of aryl methyl sites for hydroxylation is 1. The number of carbonyl (C=O) groups excluding carboxylic acids is 1. The Bertz CT molecular complexity index is 632. The highest BCUT2D eigenvalue weighted by atomic mass is 16.1. The van der Waals surface area contributed by atoms with Crippen molar-refractivity contribution in [2.75, 3.05) is 0 Å². The second-order valence-electron chi connectivity index (χ2n) is 5.51. The molecule has 0 fully saturated rings. The standard InChI is InChI=1S/C16H18N2O/c1-16(2,12-17)8-4-9-18-10-7-13-5-3-6-14(11-19)15(13)18/h3,5-7,10-11H,4,8-9H2,1-2H3. The molecule has 0 N–H and O–H groups in total. The summed E-state index contributed by atoms with van der Waals surface area (Å²) >= 11 is 0. The molecule has 0 bridgehead atoms. The van der Waals surface area contributed by atoms with Crippen LogP contribution in [-0.4, -0.2) is 10.9 Å². The third-order valence-electron chi connectivity index (χ3n) is 3.45. The zero-order valence-electron chi connectivity index (χ0n) is 11.4.